The quantitative estimate of drug-likeness (QED) is 0.143. The Morgan fingerprint density at radius 2 is 1.50 bits per heavy atom. The van der Waals surface area contributed by atoms with Crippen LogP contribution in [0.2, 0.25) is 36.3 Å². The van der Waals surface area contributed by atoms with Gasteiger partial charge in [0.25, 0.3) is 0 Å². The monoisotopic (exact) mass is 512 g/mol. The molecule has 0 bridgehead atoms. The number of aliphatic hydroxyl groups excluding tert-OH is 1. The standard InChI is InChI=1S/C29H60O3Si2/c1-13-17-26-25(23(2)22-27(26)30)20-19-24(32-34(11,12)29(6,7)8)18-15-14-16-21-31-33(9,10)28(3,4)5/h13,23-27,30H,1,14-22H2,2-12H3/t23-,24?,25+,26-,27+/m1/s1. The lowest BCUT2D eigenvalue weighted by molar-refractivity contribution is 0.105. The Bertz CT molecular complexity index is 603. The molecule has 1 aliphatic rings. The van der Waals surface area contributed by atoms with E-state index in [1.807, 2.05) is 6.08 Å². The van der Waals surface area contributed by atoms with Crippen molar-refractivity contribution in [2.45, 2.75) is 148 Å². The minimum Gasteiger partial charge on any atom is -0.417 e. The maximum absolute atomic E-state index is 10.6. The molecule has 1 rings (SSSR count). The van der Waals surface area contributed by atoms with Gasteiger partial charge in [0.15, 0.2) is 16.6 Å². The summed E-state index contributed by atoms with van der Waals surface area (Å²) in [5, 5.41) is 11.1. The number of unbranched alkanes of at least 4 members (excludes halogenated alkanes) is 2. The van der Waals surface area contributed by atoms with Crippen LogP contribution in [0.15, 0.2) is 12.7 Å². The highest BCUT2D eigenvalue weighted by atomic mass is 28.4. The lowest BCUT2D eigenvalue weighted by Gasteiger charge is -2.40. The summed E-state index contributed by atoms with van der Waals surface area (Å²) >= 11 is 0. The molecule has 1 fully saturated rings. The molecule has 202 valence electrons. The molecular weight excluding hydrogens is 452 g/mol. The highest BCUT2D eigenvalue weighted by Gasteiger charge is 2.41. The molecule has 0 aromatic rings. The Balaban J connectivity index is 2.67. The average Bonchev–Trinajstić information content (AvgIpc) is 2.93. The van der Waals surface area contributed by atoms with E-state index < -0.39 is 16.6 Å². The van der Waals surface area contributed by atoms with Crippen molar-refractivity contribution >= 4 is 16.6 Å². The average molecular weight is 513 g/mol. The van der Waals surface area contributed by atoms with Crippen LogP contribution < -0.4 is 0 Å². The van der Waals surface area contributed by atoms with Crippen molar-refractivity contribution in [3.63, 3.8) is 0 Å². The molecule has 0 aliphatic heterocycles. The fraction of sp³-hybridized carbons (Fsp3) is 0.931. The fourth-order valence-corrected chi connectivity index (χ4v) is 7.40. The summed E-state index contributed by atoms with van der Waals surface area (Å²) in [6.07, 6.45) is 11.0. The minimum atomic E-state index is -1.81. The van der Waals surface area contributed by atoms with Crippen molar-refractivity contribution in [2.24, 2.45) is 17.8 Å². The Labute approximate surface area is 215 Å². The molecule has 0 amide bonds. The van der Waals surface area contributed by atoms with Crippen LogP contribution in [0, 0.1) is 17.8 Å². The number of hydrogen-bond acceptors (Lipinski definition) is 3. The molecule has 0 heterocycles. The van der Waals surface area contributed by atoms with E-state index in [0.717, 1.165) is 45.1 Å². The smallest absolute Gasteiger partial charge is 0.192 e. The van der Waals surface area contributed by atoms with Gasteiger partial charge in [-0.05, 0) is 92.5 Å². The Kier molecular flexibility index (Phi) is 12.3. The van der Waals surface area contributed by atoms with Gasteiger partial charge >= 0.3 is 0 Å². The number of hydrogen-bond donors (Lipinski definition) is 1. The van der Waals surface area contributed by atoms with Gasteiger partial charge in [0, 0.05) is 12.7 Å². The van der Waals surface area contributed by atoms with Crippen molar-refractivity contribution in [3.05, 3.63) is 12.7 Å². The summed E-state index contributed by atoms with van der Waals surface area (Å²) in [5.74, 6) is 1.53. The van der Waals surface area contributed by atoms with Crippen LogP contribution in [0.4, 0.5) is 0 Å². The molecule has 0 saturated heterocycles. The van der Waals surface area contributed by atoms with Gasteiger partial charge in [0.05, 0.1) is 6.10 Å². The lowest BCUT2D eigenvalue weighted by atomic mass is 9.83. The van der Waals surface area contributed by atoms with Crippen molar-refractivity contribution < 1.29 is 14.0 Å². The van der Waals surface area contributed by atoms with E-state index in [4.69, 9.17) is 8.85 Å². The van der Waals surface area contributed by atoms with E-state index in [1.165, 1.54) is 12.8 Å². The van der Waals surface area contributed by atoms with Gasteiger partial charge in [0.1, 0.15) is 0 Å². The van der Waals surface area contributed by atoms with Crippen LogP contribution in [0.5, 0.6) is 0 Å². The molecule has 1 unspecified atom stereocenters. The van der Waals surface area contributed by atoms with Crippen LogP contribution in [-0.2, 0) is 8.85 Å². The number of rotatable bonds is 14. The van der Waals surface area contributed by atoms with Gasteiger partial charge in [0.2, 0.25) is 0 Å². The third-order valence-electron chi connectivity index (χ3n) is 9.36. The normalized spacial score (nSPS) is 25.5. The van der Waals surface area contributed by atoms with E-state index in [-0.39, 0.29) is 16.2 Å². The number of aliphatic hydroxyl groups is 1. The first kappa shape index (κ1) is 32.1. The zero-order valence-electron chi connectivity index (χ0n) is 24.8. The van der Waals surface area contributed by atoms with E-state index in [1.54, 1.807) is 0 Å². The van der Waals surface area contributed by atoms with Crippen LogP contribution >= 0.6 is 0 Å². The van der Waals surface area contributed by atoms with Gasteiger partial charge in [-0.2, -0.15) is 0 Å². The Hall–Kier alpha value is 0.0538. The van der Waals surface area contributed by atoms with Crippen LogP contribution in [0.25, 0.3) is 0 Å². The molecule has 3 nitrogen and oxygen atoms in total. The van der Waals surface area contributed by atoms with E-state index >= 15 is 0 Å². The zero-order valence-corrected chi connectivity index (χ0v) is 26.8. The van der Waals surface area contributed by atoms with E-state index in [9.17, 15) is 5.11 Å². The van der Waals surface area contributed by atoms with Crippen LogP contribution in [0.3, 0.4) is 0 Å². The van der Waals surface area contributed by atoms with E-state index in [2.05, 4.69) is 81.2 Å². The first-order valence-electron chi connectivity index (χ1n) is 14.0. The maximum Gasteiger partial charge on any atom is 0.192 e. The summed E-state index contributed by atoms with van der Waals surface area (Å²) in [7, 11) is -3.45. The molecule has 34 heavy (non-hydrogen) atoms. The highest BCUT2D eigenvalue weighted by molar-refractivity contribution is 6.74. The molecule has 1 N–H and O–H groups in total. The van der Waals surface area contributed by atoms with E-state index in [0.29, 0.717) is 23.9 Å². The van der Waals surface area contributed by atoms with Crippen molar-refractivity contribution in [1.29, 1.82) is 0 Å². The number of allylic oxidation sites excluding steroid dienone is 1. The predicted octanol–water partition coefficient (Wildman–Crippen LogP) is 8.95. The Morgan fingerprint density at radius 1 is 0.912 bits per heavy atom. The first-order chi connectivity index (χ1) is 15.4. The summed E-state index contributed by atoms with van der Waals surface area (Å²) in [5.41, 5.74) is 0. The zero-order chi connectivity index (χ0) is 26.4. The molecular formula is C29H60O3Si2. The third kappa shape index (κ3) is 9.50. The van der Waals surface area contributed by atoms with Crippen LogP contribution in [0.1, 0.15) is 99.8 Å². The first-order valence-corrected chi connectivity index (χ1v) is 19.9. The van der Waals surface area contributed by atoms with Gasteiger partial charge < -0.3 is 14.0 Å². The van der Waals surface area contributed by atoms with Crippen LogP contribution in [-0.4, -0.2) is 40.6 Å². The molecule has 0 aromatic carbocycles. The van der Waals surface area contributed by atoms with Gasteiger partial charge in [-0.1, -0.05) is 67.4 Å². The summed E-state index contributed by atoms with van der Waals surface area (Å²) in [6, 6.07) is 0. The Morgan fingerprint density at radius 3 is 2.03 bits per heavy atom. The van der Waals surface area contributed by atoms with Crippen molar-refractivity contribution in [2.75, 3.05) is 6.61 Å². The summed E-state index contributed by atoms with van der Waals surface area (Å²) in [6.45, 7) is 30.6. The van der Waals surface area contributed by atoms with Crippen molar-refractivity contribution in [1.82, 2.24) is 0 Å². The van der Waals surface area contributed by atoms with Gasteiger partial charge in [-0.3, -0.25) is 0 Å². The largest absolute Gasteiger partial charge is 0.417 e. The molecule has 0 radical (unpaired) electrons. The molecule has 0 aromatic heterocycles. The molecule has 1 aliphatic carbocycles. The predicted molar refractivity (Wildman–Crippen MR) is 155 cm³/mol. The second kappa shape index (κ2) is 13.0. The maximum atomic E-state index is 10.6. The minimum absolute atomic E-state index is 0.168. The summed E-state index contributed by atoms with van der Waals surface area (Å²) in [4.78, 5) is 0. The molecule has 0 spiro atoms. The molecule has 5 atom stereocenters. The lowest BCUT2D eigenvalue weighted by Crippen LogP contribution is -2.44. The highest BCUT2D eigenvalue weighted by Crippen LogP contribution is 2.43. The second-order valence-corrected chi connectivity index (χ2v) is 23.7. The molecule has 5 heteroatoms. The SMILES string of the molecule is C=CC[C@@H]1[C@@H](CCC(CCCCCO[Si](C)(C)C(C)(C)C)O[Si](C)(C)C(C)(C)C)[C@H](C)C[C@@H]1O. The fourth-order valence-electron chi connectivity index (χ4n) is 4.89. The second-order valence-electron chi connectivity index (χ2n) is 14.2. The van der Waals surface area contributed by atoms with Gasteiger partial charge in [-0.15, -0.1) is 6.58 Å². The molecule has 1 saturated carbocycles. The summed E-state index contributed by atoms with van der Waals surface area (Å²) < 4.78 is 13.3. The topological polar surface area (TPSA) is 38.7 Å². The third-order valence-corrected chi connectivity index (χ3v) is 18.4. The van der Waals surface area contributed by atoms with Gasteiger partial charge in [-0.25, -0.2) is 0 Å². The van der Waals surface area contributed by atoms with Crippen molar-refractivity contribution in [3.8, 4) is 0 Å².